The topological polar surface area (TPSA) is 279 Å². The van der Waals surface area contributed by atoms with Gasteiger partial charge in [0.2, 0.25) is 0 Å². The zero-order chi connectivity index (χ0) is 77.6. The molecular formula is C85H112Br2N4O16. The van der Waals surface area contributed by atoms with E-state index in [4.69, 9.17) is 58.6 Å². The van der Waals surface area contributed by atoms with Crippen LogP contribution in [0.4, 0.5) is 0 Å². The van der Waals surface area contributed by atoms with Crippen LogP contribution in [-0.2, 0) is 55.7 Å². The van der Waals surface area contributed by atoms with Gasteiger partial charge in [-0.15, -0.1) is 0 Å². The predicted octanol–water partition coefficient (Wildman–Crippen LogP) is 16.4. The quantitative estimate of drug-likeness (QED) is 0.0411. The number of carboxylic acids is 1. The van der Waals surface area contributed by atoms with E-state index in [1.807, 2.05) is 133 Å². The monoisotopic (exact) mass is 1600 g/mol. The van der Waals surface area contributed by atoms with Crippen LogP contribution < -0.4 is 22.2 Å². The van der Waals surface area contributed by atoms with Gasteiger partial charge >= 0.3 is 5.97 Å². The first-order valence-corrected chi connectivity index (χ1v) is 38.7. The molecule has 7 aromatic rings. The van der Waals surface area contributed by atoms with Crippen molar-refractivity contribution in [1.29, 1.82) is 0 Å². The molecule has 7 heterocycles. The van der Waals surface area contributed by atoms with E-state index in [0.717, 1.165) is 190 Å². The van der Waals surface area contributed by atoms with Crippen LogP contribution in [0, 0.1) is 27.7 Å². The molecule has 5 fully saturated rings. The van der Waals surface area contributed by atoms with Crippen molar-refractivity contribution in [2.45, 2.75) is 195 Å². The van der Waals surface area contributed by atoms with Crippen LogP contribution in [-0.4, -0.2) is 134 Å². The fraction of sp³-hybridized carbons (Fsp3) is 0.471. The van der Waals surface area contributed by atoms with E-state index in [-0.39, 0.29) is 72.1 Å². The number of benzene rings is 5. The van der Waals surface area contributed by atoms with Crippen molar-refractivity contribution in [1.82, 2.24) is 15.3 Å². The molecule has 4 unspecified atom stereocenters. The molecule has 5 aliphatic heterocycles. The second kappa shape index (κ2) is 48.4. The Kier molecular flexibility index (Phi) is 40.2. The number of aromatic amines is 2. The molecule has 12 rings (SSSR count). The Morgan fingerprint density at radius 3 is 1.08 bits per heavy atom. The van der Waals surface area contributed by atoms with Gasteiger partial charge in [0.25, 0.3) is 17.0 Å². The van der Waals surface area contributed by atoms with Gasteiger partial charge in [-0.2, -0.15) is 0 Å². The average molecular weight is 1610 g/mol. The number of ether oxygens (including phenoxy) is 9. The Labute approximate surface area is 648 Å². The average Bonchev–Trinajstić information content (AvgIpc) is 0.841. The zero-order valence-electron chi connectivity index (χ0n) is 63.7. The first kappa shape index (κ1) is 88.8. The Hall–Kier alpha value is -7.13. The van der Waals surface area contributed by atoms with Crippen molar-refractivity contribution in [2.24, 2.45) is 5.73 Å². The second-order valence-corrected chi connectivity index (χ2v) is 28.8. The van der Waals surface area contributed by atoms with Gasteiger partial charge in [-0.25, -0.2) is 4.79 Å². The molecular weight excluding hydrogens is 1490 g/mol. The molecule has 5 saturated heterocycles. The number of halogens is 2. The van der Waals surface area contributed by atoms with Crippen molar-refractivity contribution >= 4 is 55.6 Å². The summed E-state index contributed by atoms with van der Waals surface area (Å²) in [5.74, 6) is -1.01. The Morgan fingerprint density at radius 2 is 0.794 bits per heavy atom. The number of aromatic carboxylic acids is 1. The van der Waals surface area contributed by atoms with Crippen molar-refractivity contribution < 1.29 is 67.2 Å². The molecule has 20 nitrogen and oxygen atoms in total. The number of aromatic nitrogens is 2. The number of carbonyl (C=O) groups excluding carboxylic acids is 2. The molecule has 7 N–H and O–H groups in total. The minimum absolute atomic E-state index is 0.0176. The smallest absolute Gasteiger partial charge is 0.335 e. The van der Waals surface area contributed by atoms with Crippen LogP contribution in [0.15, 0.2) is 159 Å². The number of carbonyl (C=O) groups is 3. The van der Waals surface area contributed by atoms with Crippen LogP contribution in [0.5, 0.6) is 0 Å². The van der Waals surface area contributed by atoms with E-state index in [9.17, 15) is 24.0 Å². The molecule has 582 valence electrons. The van der Waals surface area contributed by atoms with Crippen molar-refractivity contribution in [3.63, 3.8) is 0 Å². The van der Waals surface area contributed by atoms with Crippen molar-refractivity contribution in [3.8, 4) is 0 Å². The summed E-state index contributed by atoms with van der Waals surface area (Å²) in [7, 11) is 0. The number of ketones is 1. The number of aryl methyl sites for hydroxylation is 4. The summed E-state index contributed by atoms with van der Waals surface area (Å²) in [5.41, 5.74) is 17.1. The Balaban J connectivity index is 0.000000203. The fourth-order valence-corrected chi connectivity index (χ4v) is 12.6. The van der Waals surface area contributed by atoms with Gasteiger partial charge in [-0.3, -0.25) is 19.2 Å². The number of rotatable bonds is 19. The number of nitrogens with one attached hydrogen (secondary N) is 3. The summed E-state index contributed by atoms with van der Waals surface area (Å²) in [6.45, 7) is 29.1. The molecule has 5 aromatic carbocycles. The summed E-state index contributed by atoms with van der Waals surface area (Å²) >= 11 is 6.78. The van der Waals surface area contributed by atoms with Gasteiger partial charge in [-0.05, 0) is 226 Å². The number of hydrogen-bond acceptors (Lipinski definition) is 16. The van der Waals surface area contributed by atoms with E-state index >= 15 is 0 Å². The highest BCUT2D eigenvalue weighted by Crippen LogP contribution is 2.28. The van der Waals surface area contributed by atoms with E-state index in [2.05, 4.69) is 91.8 Å². The van der Waals surface area contributed by atoms with Gasteiger partial charge in [0.05, 0.1) is 60.5 Å². The number of hydrogen-bond donors (Lipinski definition) is 6. The maximum absolute atomic E-state index is 12.4. The van der Waals surface area contributed by atoms with E-state index in [0.29, 0.717) is 41.0 Å². The molecule has 0 saturated carbocycles. The number of aliphatic hydroxyl groups is 1. The predicted molar refractivity (Wildman–Crippen MR) is 426 cm³/mol. The summed E-state index contributed by atoms with van der Waals surface area (Å²) < 4.78 is 52.5. The Morgan fingerprint density at radius 1 is 0.495 bits per heavy atom. The van der Waals surface area contributed by atoms with Gasteiger partial charge < -0.3 is 73.9 Å². The molecule has 4 atom stereocenters. The first-order valence-electron chi connectivity index (χ1n) is 37.1. The molecule has 0 spiro atoms. The zero-order valence-corrected chi connectivity index (χ0v) is 66.9. The third kappa shape index (κ3) is 32.9. The van der Waals surface area contributed by atoms with E-state index in [1.54, 1.807) is 31.2 Å². The SMILES string of the molecule is C=Cc1ccc(Br)cc1.CC(=O)c1ccc(C(C)OC2CCOCC2)cc1.CC(OC1CCOCC1)c1ccc(Br)cc1.CC(OC1CCOCC1)c1ccc(C(=O)O)cc1.Cc1cc(C)c(CN)c(=O)[nH]1.Cc1cc(C)c(CNC(=O)c2ccc(C(C)OC3CCOCC3)cc2)c(=O)[nH]1.OC1CCOCC1. The largest absolute Gasteiger partial charge is 0.478 e. The van der Waals surface area contributed by atoms with Crippen LogP contribution in [0.1, 0.15) is 216 Å². The molecule has 22 heteroatoms. The molecule has 5 aliphatic rings. The fourth-order valence-electron chi connectivity index (χ4n) is 12.0. The van der Waals surface area contributed by atoms with E-state index < -0.39 is 5.97 Å². The number of pyridine rings is 2. The molecule has 1 amide bonds. The number of aliphatic hydroxyl groups excluding tert-OH is 1. The number of Topliss-reactive ketones (excluding diaryl/α,β-unsaturated/α-hetero) is 1. The van der Waals surface area contributed by atoms with Crippen LogP contribution >= 0.6 is 31.9 Å². The molecule has 2 aromatic heterocycles. The molecule has 107 heavy (non-hydrogen) atoms. The lowest BCUT2D eigenvalue weighted by Gasteiger charge is -2.26. The van der Waals surface area contributed by atoms with Crippen molar-refractivity contribution in [3.05, 3.63) is 248 Å². The minimum atomic E-state index is -0.903. The van der Waals surface area contributed by atoms with Crippen LogP contribution in [0.3, 0.4) is 0 Å². The number of carboxylic acid groups (broad SMARTS) is 1. The highest BCUT2D eigenvalue weighted by atomic mass is 79.9. The second-order valence-electron chi connectivity index (χ2n) is 27.0. The Bertz CT molecular complexity index is 3780. The highest BCUT2D eigenvalue weighted by molar-refractivity contribution is 9.10. The van der Waals surface area contributed by atoms with Crippen molar-refractivity contribution in [2.75, 3.05) is 66.1 Å². The molecule has 0 bridgehead atoms. The van der Waals surface area contributed by atoms with E-state index in [1.165, 1.54) is 5.56 Å². The standard InChI is InChI=1S/C22H28N2O4.C15H20O3.C14H18O4.C13H17BrO2.C8H7Br.C8H12N2O.C5H10O2/c1-14-12-15(2)24-22(26)20(14)13-23-21(25)18-6-4-17(5-7-18)16(3)28-19-8-10-27-11-9-19;1-11(16)13-3-5-14(6-4-13)12(2)18-15-7-9-17-10-8-15;1-10(18-13-6-8-17-9-7-13)11-2-4-12(5-3-11)14(15)16;1-10(11-2-4-12(14)5-3-11)16-13-6-8-15-9-7-13;1-2-7-3-5-8(9)6-4-7;1-5-3-6(2)10-8(11)7(5)4-9;6-5-1-3-7-4-2-5/h4-7,12,16,19H,8-11,13H2,1-3H3,(H,23,25)(H,24,26);3-6,12,15H,7-10H2,1-2H3;2-5,10,13H,6-9H2,1H3,(H,15,16);2-5,10,13H,6-9H2,1H3;2-6H,1H2;3H,4,9H2,1-2H3,(H,10,11);5-6H,1-4H2. The lowest BCUT2D eigenvalue weighted by atomic mass is 10.1. The lowest BCUT2D eigenvalue weighted by molar-refractivity contribution is -0.0638. The van der Waals surface area contributed by atoms with Crippen LogP contribution in [0.2, 0.25) is 0 Å². The third-order valence-electron chi connectivity index (χ3n) is 18.6. The van der Waals surface area contributed by atoms with Gasteiger partial charge in [0.15, 0.2) is 5.78 Å². The van der Waals surface area contributed by atoms with Crippen LogP contribution in [0.25, 0.3) is 6.08 Å². The van der Waals surface area contributed by atoms with Gasteiger partial charge in [0.1, 0.15) is 0 Å². The minimum Gasteiger partial charge on any atom is -0.478 e. The summed E-state index contributed by atoms with van der Waals surface area (Å²) in [4.78, 5) is 63.1. The molecule has 0 aliphatic carbocycles. The molecule has 0 radical (unpaired) electrons. The normalized spacial score (nSPS) is 16.8. The van der Waals surface area contributed by atoms with Gasteiger partial charge in [-0.1, -0.05) is 117 Å². The first-order chi connectivity index (χ1) is 51.4. The highest BCUT2D eigenvalue weighted by Gasteiger charge is 2.23. The summed E-state index contributed by atoms with van der Waals surface area (Å²) in [6.07, 6.45) is 12.3. The maximum atomic E-state index is 12.4. The van der Waals surface area contributed by atoms with Gasteiger partial charge in [0, 0.05) is 122 Å². The maximum Gasteiger partial charge on any atom is 0.335 e. The lowest BCUT2D eigenvalue weighted by Crippen LogP contribution is -2.28. The summed E-state index contributed by atoms with van der Waals surface area (Å²) in [6, 6.07) is 42.1. The third-order valence-corrected chi connectivity index (χ3v) is 19.6. The number of amides is 1. The number of nitrogens with two attached hydrogens (primary N) is 1. The summed E-state index contributed by atoms with van der Waals surface area (Å²) in [5, 5.41) is 20.5. The number of H-pyrrole nitrogens is 2.